The Morgan fingerprint density at radius 2 is 2.25 bits per heavy atom. The predicted octanol–water partition coefficient (Wildman–Crippen LogP) is 4.49. The van der Waals surface area contributed by atoms with Crippen LogP contribution >= 0.6 is 34.3 Å². The van der Waals surface area contributed by atoms with E-state index < -0.39 is 0 Å². The van der Waals surface area contributed by atoms with Crippen LogP contribution < -0.4 is 0 Å². The summed E-state index contributed by atoms with van der Waals surface area (Å²) in [7, 11) is 0. The van der Waals surface area contributed by atoms with Crippen LogP contribution in [0, 0.1) is 0 Å². The Morgan fingerprint density at radius 1 is 1.38 bits per heavy atom. The third kappa shape index (κ3) is 4.23. The van der Waals surface area contributed by atoms with E-state index in [1.807, 2.05) is 36.6 Å². The summed E-state index contributed by atoms with van der Waals surface area (Å²) in [6.07, 6.45) is 0.790. The number of carbonyl (C=O) groups is 1. The van der Waals surface area contributed by atoms with Gasteiger partial charge in [-0.15, -0.1) is 22.7 Å². The van der Waals surface area contributed by atoms with Gasteiger partial charge in [-0.2, -0.15) is 4.98 Å². The van der Waals surface area contributed by atoms with Crippen molar-refractivity contribution in [2.24, 2.45) is 0 Å². The van der Waals surface area contributed by atoms with Gasteiger partial charge in [0.15, 0.2) is 0 Å². The van der Waals surface area contributed by atoms with Gasteiger partial charge in [0.1, 0.15) is 0 Å². The summed E-state index contributed by atoms with van der Waals surface area (Å²) >= 11 is 8.99. The molecule has 0 saturated carbocycles. The smallest absolute Gasteiger partial charge is 0.227 e. The molecule has 0 aliphatic rings. The van der Waals surface area contributed by atoms with Crippen LogP contribution in [0.2, 0.25) is 4.34 Å². The summed E-state index contributed by atoms with van der Waals surface area (Å²) in [6.45, 7) is 3.20. The highest BCUT2D eigenvalue weighted by atomic mass is 35.5. The number of hydrogen-bond donors (Lipinski definition) is 0. The molecule has 0 saturated heterocycles. The predicted molar refractivity (Wildman–Crippen MR) is 96.4 cm³/mol. The number of rotatable bonds is 7. The third-order valence-corrected chi connectivity index (χ3v) is 5.55. The lowest BCUT2D eigenvalue weighted by Crippen LogP contribution is -2.30. The summed E-state index contributed by atoms with van der Waals surface area (Å²) in [5, 5.41) is 5.92. The van der Waals surface area contributed by atoms with Gasteiger partial charge in [0.2, 0.25) is 17.6 Å². The van der Waals surface area contributed by atoms with Crippen molar-refractivity contribution in [3.05, 3.63) is 44.7 Å². The number of nitrogens with zero attached hydrogens (tertiary/aromatic N) is 3. The van der Waals surface area contributed by atoms with Crippen molar-refractivity contribution in [1.29, 1.82) is 0 Å². The van der Waals surface area contributed by atoms with E-state index in [-0.39, 0.29) is 5.91 Å². The zero-order valence-corrected chi connectivity index (χ0v) is 15.5. The molecule has 24 heavy (non-hydrogen) atoms. The minimum Gasteiger partial charge on any atom is -0.339 e. The fourth-order valence-electron chi connectivity index (χ4n) is 2.24. The summed E-state index contributed by atoms with van der Waals surface area (Å²) in [4.78, 5) is 20.6. The number of amides is 1. The fraction of sp³-hybridized carbons (Fsp3) is 0.312. The Morgan fingerprint density at radius 3 is 2.92 bits per heavy atom. The molecule has 0 unspecified atom stereocenters. The van der Waals surface area contributed by atoms with Crippen LogP contribution in [0.1, 0.15) is 24.1 Å². The van der Waals surface area contributed by atoms with E-state index in [9.17, 15) is 4.79 Å². The second-order valence-electron chi connectivity index (χ2n) is 5.10. The lowest BCUT2D eigenvalue weighted by Gasteiger charge is -2.19. The molecule has 3 heterocycles. The van der Waals surface area contributed by atoms with Crippen molar-refractivity contribution in [2.75, 3.05) is 6.54 Å². The van der Waals surface area contributed by atoms with Gasteiger partial charge in [0.05, 0.1) is 15.8 Å². The number of aromatic nitrogens is 2. The first-order valence-electron chi connectivity index (χ1n) is 7.54. The molecule has 1 amide bonds. The highest BCUT2D eigenvalue weighted by molar-refractivity contribution is 7.16. The largest absolute Gasteiger partial charge is 0.339 e. The van der Waals surface area contributed by atoms with Crippen LogP contribution in [0.3, 0.4) is 0 Å². The molecule has 5 nitrogen and oxygen atoms in total. The minimum absolute atomic E-state index is 0.0675. The number of thiophene rings is 2. The van der Waals surface area contributed by atoms with Crippen molar-refractivity contribution < 1.29 is 9.32 Å². The highest BCUT2D eigenvalue weighted by Gasteiger charge is 2.16. The average Bonchev–Trinajstić information content (AvgIpc) is 3.31. The van der Waals surface area contributed by atoms with Gasteiger partial charge in [-0.1, -0.05) is 22.8 Å². The Hall–Kier alpha value is -1.70. The van der Waals surface area contributed by atoms with Crippen LogP contribution in [-0.4, -0.2) is 27.5 Å². The van der Waals surface area contributed by atoms with Crippen molar-refractivity contribution in [2.45, 2.75) is 26.3 Å². The molecule has 0 spiro atoms. The first-order chi connectivity index (χ1) is 11.7. The van der Waals surface area contributed by atoms with Gasteiger partial charge in [0, 0.05) is 24.3 Å². The van der Waals surface area contributed by atoms with Gasteiger partial charge >= 0.3 is 0 Å². The zero-order chi connectivity index (χ0) is 16.9. The number of hydrogen-bond acceptors (Lipinski definition) is 6. The molecule has 0 radical (unpaired) electrons. The van der Waals surface area contributed by atoms with E-state index in [2.05, 4.69) is 10.1 Å². The monoisotopic (exact) mass is 381 g/mol. The van der Waals surface area contributed by atoms with E-state index in [1.165, 1.54) is 11.3 Å². The summed E-state index contributed by atoms with van der Waals surface area (Å²) in [6, 6.07) is 7.68. The topological polar surface area (TPSA) is 59.2 Å². The van der Waals surface area contributed by atoms with Crippen molar-refractivity contribution in [3.8, 4) is 10.7 Å². The molecule has 126 valence electrons. The van der Waals surface area contributed by atoms with Gasteiger partial charge in [-0.25, -0.2) is 0 Å². The van der Waals surface area contributed by atoms with Crippen LogP contribution in [0.4, 0.5) is 0 Å². The molecule has 0 aromatic carbocycles. The summed E-state index contributed by atoms with van der Waals surface area (Å²) in [5.74, 6) is 1.13. The molecule has 0 atom stereocenters. The van der Waals surface area contributed by atoms with E-state index >= 15 is 0 Å². The molecular weight excluding hydrogens is 366 g/mol. The molecule has 0 aliphatic heterocycles. The van der Waals surface area contributed by atoms with Crippen LogP contribution in [0.25, 0.3) is 10.7 Å². The number of aryl methyl sites for hydroxylation is 1. The summed E-state index contributed by atoms with van der Waals surface area (Å²) in [5.41, 5.74) is 0. The Bertz CT molecular complexity index is 798. The molecule has 0 N–H and O–H groups in total. The van der Waals surface area contributed by atoms with Crippen molar-refractivity contribution in [3.63, 3.8) is 0 Å². The standard InChI is InChI=1S/C16H16ClN3O2S2/c1-2-20(10-11-5-6-13(17)24-11)15(21)8-7-14-18-16(19-22-14)12-4-3-9-23-12/h3-6,9H,2,7-8,10H2,1H3. The van der Waals surface area contributed by atoms with Crippen molar-refractivity contribution >= 4 is 40.2 Å². The van der Waals surface area contributed by atoms with E-state index in [0.29, 0.717) is 37.6 Å². The Labute approximate surface area is 152 Å². The molecular formula is C16H16ClN3O2S2. The van der Waals surface area contributed by atoms with E-state index in [4.69, 9.17) is 16.1 Å². The molecule has 0 bridgehead atoms. The molecule has 0 aliphatic carbocycles. The maximum absolute atomic E-state index is 12.4. The maximum atomic E-state index is 12.4. The normalized spacial score (nSPS) is 10.9. The third-order valence-electron chi connectivity index (χ3n) is 3.47. The Balaban J connectivity index is 1.56. The summed E-state index contributed by atoms with van der Waals surface area (Å²) < 4.78 is 5.97. The zero-order valence-electron chi connectivity index (χ0n) is 13.1. The first kappa shape index (κ1) is 17.1. The lowest BCUT2D eigenvalue weighted by atomic mass is 10.2. The van der Waals surface area contributed by atoms with Crippen LogP contribution in [-0.2, 0) is 17.8 Å². The number of halogens is 1. The molecule has 3 rings (SSSR count). The fourth-order valence-corrected chi connectivity index (χ4v) is 3.99. The van der Waals surface area contributed by atoms with E-state index in [0.717, 1.165) is 14.1 Å². The molecule has 3 aromatic rings. The van der Waals surface area contributed by atoms with Gasteiger partial charge in [-0.05, 0) is 30.5 Å². The minimum atomic E-state index is 0.0675. The Kier molecular flexibility index (Phi) is 5.65. The van der Waals surface area contributed by atoms with Gasteiger partial charge < -0.3 is 9.42 Å². The SMILES string of the molecule is CCN(Cc1ccc(Cl)s1)C(=O)CCc1nc(-c2cccs2)no1. The van der Waals surface area contributed by atoms with Crippen LogP contribution in [0.5, 0.6) is 0 Å². The van der Waals surface area contributed by atoms with E-state index in [1.54, 1.807) is 16.2 Å². The number of carbonyl (C=O) groups excluding carboxylic acids is 1. The first-order valence-corrected chi connectivity index (χ1v) is 9.61. The van der Waals surface area contributed by atoms with Gasteiger partial charge in [-0.3, -0.25) is 4.79 Å². The quantitative estimate of drug-likeness (QED) is 0.604. The van der Waals surface area contributed by atoms with Crippen LogP contribution in [0.15, 0.2) is 34.2 Å². The average molecular weight is 382 g/mol. The van der Waals surface area contributed by atoms with Gasteiger partial charge in [0.25, 0.3) is 0 Å². The lowest BCUT2D eigenvalue weighted by molar-refractivity contribution is -0.131. The second-order valence-corrected chi connectivity index (χ2v) is 7.85. The maximum Gasteiger partial charge on any atom is 0.227 e. The molecule has 3 aromatic heterocycles. The highest BCUT2D eigenvalue weighted by Crippen LogP contribution is 2.23. The second kappa shape index (κ2) is 7.92. The van der Waals surface area contributed by atoms with Crippen molar-refractivity contribution in [1.82, 2.24) is 15.0 Å². The molecule has 0 fully saturated rings. The molecule has 8 heteroatoms.